The second-order valence-corrected chi connectivity index (χ2v) is 4.46. The third-order valence-electron chi connectivity index (χ3n) is 3.35. The molecule has 0 aromatic heterocycles. The van der Waals surface area contributed by atoms with Crippen molar-refractivity contribution in [2.45, 2.75) is 18.4 Å². The van der Waals surface area contributed by atoms with Crippen molar-refractivity contribution >= 4 is 11.7 Å². The van der Waals surface area contributed by atoms with Gasteiger partial charge in [0.05, 0.1) is 12.8 Å². The number of anilines is 1. The maximum Gasteiger partial charge on any atom is 0.329 e. The highest BCUT2D eigenvalue weighted by Gasteiger charge is 2.40. The van der Waals surface area contributed by atoms with Crippen LogP contribution in [0.5, 0.6) is 5.75 Å². The van der Waals surface area contributed by atoms with Crippen molar-refractivity contribution in [1.82, 2.24) is 5.32 Å². The molecule has 5 nitrogen and oxygen atoms in total. The fourth-order valence-corrected chi connectivity index (χ4v) is 2.25. The number of hydrogen-bond acceptors (Lipinski definition) is 4. The van der Waals surface area contributed by atoms with Crippen molar-refractivity contribution in [3.63, 3.8) is 0 Å². The van der Waals surface area contributed by atoms with E-state index in [0.29, 0.717) is 31.7 Å². The van der Waals surface area contributed by atoms with Gasteiger partial charge in [-0.05, 0) is 38.1 Å². The summed E-state index contributed by atoms with van der Waals surface area (Å²) in [6, 6.07) is 7.38. The molecule has 18 heavy (non-hydrogen) atoms. The van der Waals surface area contributed by atoms with Crippen LogP contribution in [0.15, 0.2) is 24.3 Å². The number of piperidine rings is 1. The Morgan fingerprint density at radius 1 is 1.39 bits per heavy atom. The summed E-state index contributed by atoms with van der Waals surface area (Å²) in [5.74, 6) is -0.147. The van der Waals surface area contributed by atoms with E-state index in [1.807, 2.05) is 24.3 Å². The van der Waals surface area contributed by atoms with E-state index in [0.717, 1.165) is 5.69 Å². The minimum Gasteiger partial charge on any atom is -0.495 e. The number of methoxy groups -OCH3 is 1. The van der Waals surface area contributed by atoms with E-state index < -0.39 is 11.5 Å². The molecule has 5 heteroatoms. The average Bonchev–Trinajstić information content (AvgIpc) is 2.40. The van der Waals surface area contributed by atoms with Crippen LogP contribution >= 0.6 is 0 Å². The molecule has 1 aliphatic rings. The van der Waals surface area contributed by atoms with Crippen LogP contribution in [0.3, 0.4) is 0 Å². The SMILES string of the molecule is COc1ccccc1NC1(C(=O)O)CCNCC1. The van der Waals surface area contributed by atoms with E-state index in [1.54, 1.807) is 7.11 Å². The Morgan fingerprint density at radius 3 is 2.67 bits per heavy atom. The van der Waals surface area contributed by atoms with E-state index in [2.05, 4.69) is 10.6 Å². The van der Waals surface area contributed by atoms with Gasteiger partial charge in [0.1, 0.15) is 11.3 Å². The Hall–Kier alpha value is -1.75. The fraction of sp³-hybridized carbons (Fsp3) is 0.462. The Bertz CT molecular complexity index is 428. The summed E-state index contributed by atoms with van der Waals surface area (Å²) in [7, 11) is 1.58. The quantitative estimate of drug-likeness (QED) is 0.751. The van der Waals surface area contributed by atoms with Crippen LogP contribution < -0.4 is 15.4 Å². The van der Waals surface area contributed by atoms with Gasteiger partial charge in [-0.15, -0.1) is 0 Å². The molecular weight excluding hydrogens is 232 g/mol. The number of rotatable bonds is 4. The molecule has 0 atom stereocenters. The first kappa shape index (κ1) is 12.7. The number of carbonyl (C=O) groups is 1. The Balaban J connectivity index is 2.26. The molecule has 1 aliphatic heterocycles. The molecule has 1 aromatic carbocycles. The van der Waals surface area contributed by atoms with Crippen LogP contribution in [0, 0.1) is 0 Å². The van der Waals surface area contributed by atoms with Gasteiger partial charge in [0.15, 0.2) is 0 Å². The largest absolute Gasteiger partial charge is 0.495 e. The van der Waals surface area contributed by atoms with Gasteiger partial charge in [0.2, 0.25) is 0 Å². The van der Waals surface area contributed by atoms with Crippen molar-refractivity contribution < 1.29 is 14.6 Å². The van der Waals surface area contributed by atoms with Crippen molar-refractivity contribution in [3.8, 4) is 5.75 Å². The van der Waals surface area contributed by atoms with Crippen molar-refractivity contribution in [2.24, 2.45) is 0 Å². The summed E-state index contributed by atoms with van der Waals surface area (Å²) in [6.07, 6.45) is 1.11. The summed E-state index contributed by atoms with van der Waals surface area (Å²) in [5, 5.41) is 15.8. The predicted octanol–water partition coefficient (Wildman–Crippen LogP) is 1.31. The smallest absolute Gasteiger partial charge is 0.329 e. The third kappa shape index (κ3) is 2.41. The highest BCUT2D eigenvalue weighted by atomic mass is 16.5. The molecule has 1 fully saturated rings. The molecular formula is C13H18N2O3. The minimum atomic E-state index is -0.903. The Morgan fingerprint density at radius 2 is 2.06 bits per heavy atom. The topological polar surface area (TPSA) is 70.6 Å². The lowest BCUT2D eigenvalue weighted by molar-refractivity contribution is -0.143. The minimum absolute atomic E-state index is 0.556. The molecule has 0 bridgehead atoms. The Labute approximate surface area is 106 Å². The molecule has 2 rings (SSSR count). The van der Waals surface area contributed by atoms with Crippen LogP contribution in [0.25, 0.3) is 0 Å². The fourth-order valence-electron chi connectivity index (χ4n) is 2.25. The lowest BCUT2D eigenvalue weighted by Gasteiger charge is -2.35. The number of carboxylic acids is 1. The predicted molar refractivity (Wildman–Crippen MR) is 69.1 cm³/mol. The van der Waals surface area contributed by atoms with E-state index in [1.165, 1.54) is 0 Å². The van der Waals surface area contributed by atoms with Gasteiger partial charge in [-0.3, -0.25) is 0 Å². The molecule has 0 radical (unpaired) electrons. The van der Waals surface area contributed by atoms with Gasteiger partial charge >= 0.3 is 5.97 Å². The lowest BCUT2D eigenvalue weighted by Crippen LogP contribution is -2.53. The number of ether oxygens (including phenoxy) is 1. The molecule has 0 spiro atoms. The Kier molecular flexibility index (Phi) is 3.72. The van der Waals surface area contributed by atoms with Gasteiger partial charge in [-0.25, -0.2) is 4.79 Å². The molecule has 98 valence electrons. The molecule has 0 amide bonds. The van der Waals surface area contributed by atoms with Crippen LogP contribution in [0.1, 0.15) is 12.8 Å². The first-order chi connectivity index (χ1) is 8.68. The number of carboxylic acid groups (broad SMARTS) is 1. The van der Waals surface area contributed by atoms with Crippen molar-refractivity contribution in [3.05, 3.63) is 24.3 Å². The van der Waals surface area contributed by atoms with E-state index in [9.17, 15) is 9.90 Å². The van der Waals surface area contributed by atoms with Gasteiger partial charge in [-0.1, -0.05) is 12.1 Å². The molecule has 1 heterocycles. The second-order valence-electron chi connectivity index (χ2n) is 4.46. The van der Waals surface area contributed by atoms with Crippen LogP contribution in [0.4, 0.5) is 5.69 Å². The third-order valence-corrected chi connectivity index (χ3v) is 3.35. The van der Waals surface area contributed by atoms with E-state index in [4.69, 9.17) is 4.74 Å². The van der Waals surface area contributed by atoms with Gasteiger partial charge in [-0.2, -0.15) is 0 Å². The summed E-state index contributed by atoms with van der Waals surface area (Å²) in [5.41, 5.74) is -0.177. The zero-order chi connectivity index (χ0) is 13.0. The zero-order valence-corrected chi connectivity index (χ0v) is 10.4. The van der Waals surface area contributed by atoms with Crippen LogP contribution in [-0.2, 0) is 4.79 Å². The van der Waals surface area contributed by atoms with Crippen LogP contribution in [0.2, 0.25) is 0 Å². The van der Waals surface area contributed by atoms with Crippen molar-refractivity contribution in [2.75, 3.05) is 25.5 Å². The maximum atomic E-state index is 11.5. The summed E-state index contributed by atoms with van der Waals surface area (Å²) < 4.78 is 5.24. The first-order valence-electron chi connectivity index (χ1n) is 6.03. The number of para-hydroxylation sites is 2. The lowest BCUT2D eigenvalue weighted by atomic mass is 9.88. The van der Waals surface area contributed by atoms with E-state index >= 15 is 0 Å². The second kappa shape index (κ2) is 5.27. The number of aliphatic carboxylic acids is 1. The van der Waals surface area contributed by atoms with Crippen LogP contribution in [-0.4, -0.2) is 36.8 Å². The van der Waals surface area contributed by atoms with Crippen molar-refractivity contribution in [1.29, 1.82) is 0 Å². The monoisotopic (exact) mass is 250 g/mol. The number of benzene rings is 1. The molecule has 0 saturated carbocycles. The average molecular weight is 250 g/mol. The highest BCUT2D eigenvalue weighted by Crippen LogP contribution is 2.30. The molecule has 1 saturated heterocycles. The van der Waals surface area contributed by atoms with E-state index in [-0.39, 0.29) is 0 Å². The standard InChI is InChI=1S/C13H18N2O3/c1-18-11-5-3-2-4-10(11)15-13(12(16)17)6-8-14-9-7-13/h2-5,14-15H,6-9H2,1H3,(H,16,17). The molecule has 0 aliphatic carbocycles. The molecule has 0 unspecified atom stereocenters. The maximum absolute atomic E-state index is 11.5. The summed E-state index contributed by atoms with van der Waals surface area (Å²) in [4.78, 5) is 11.5. The van der Waals surface area contributed by atoms with Gasteiger partial charge in [0, 0.05) is 0 Å². The summed E-state index contributed by atoms with van der Waals surface area (Å²) in [6.45, 7) is 1.41. The highest BCUT2D eigenvalue weighted by molar-refractivity contribution is 5.83. The number of nitrogens with one attached hydrogen (secondary N) is 2. The zero-order valence-electron chi connectivity index (χ0n) is 10.4. The number of hydrogen-bond donors (Lipinski definition) is 3. The first-order valence-corrected chi connectivity index (χ1v) is 6.03. The summed E-state index contributed by atoms with van der Waals surface area (Å²) >= 11 is 0. The van der Waals surface area contributed by atoms with Gasteiger partial charge in [0.25, 0.3) is 0 Å². The normalized spacial score (nSPS) is 18.1. The molecule has 1 aromatic rings. The molecule has 3 N–H and O–H groups in total. The van der Waals surface area contributed by atoms with Gasteiger partial charge < -0.3 is 20.5 Å².